The lowest BCUT2D eigenvalue weighted by atomic mass is 10.2. The van der Waals surface area contributed by atoms with Gasteiger partial charge in [-0.05, 0) is 26.3 Å². The molecule has 0 unspecified atom stereocenters. The lowest BCUT2D eigenvalue weighted by Gasteiger charge is -2.07. The molecule has 4 nitrogen and oxygen atoms in total. The monoisotopic (exact) mass is 255 g/mol. The molecule has 1 heterocycles. The summed E-state index contributed by atoms with van der Waals surface area (Å²) in [5, 5.41) is 4.17. The van der Waals surface area contributed by atoms with Crippen LogP contribution in [0.4, 0.5) is 0 Å². The van der Waals surface area contributed by atoms with Crippen LogP contribution in [0.1, 0.15) is 17.0 Å². The van der Waals surface area contributed by atoms with Crippen LogP contribution in [0.5, 0.6) is 0 Å². The molecule has 0 aliphatic heterocycles. The standard InChI is InChI=1S/C12H21N3OS/c1-9-10(2)14-12(15-11(9)3)17-8-6-13-5-7-16-4/h13H,5-8H2,1-4H3. The number of ether oxygens (including phenoxy) is 1. The van der Waals surface area contributed by atoms with Crippen molar-refractivity contribution in [1.29, 1.82) is 0 Å². The highest BCUT2D eigenvalue weighted by Crippen LogP contribution is 2.16. The molecule has 1 rings (SSSR count). The van der Waals surface area contributed by atoms with E-state index >= 15 is 0 Å². The normalized spacial score (nSPS) is 10.8. The molecule has 0 radical (unpaired) electrons. The lowest BCUT2D eigenvalue weighted by molar-refractivity contribution is 0.200. The van der Waals surface area contributed by atoms with E-state index in [4.69, 9.17) is 4.74 Å². The number of hydrogen-bond acceptors (Lipinski definition) is 5. The average molecular weight is 255 g/mol. The summed E-state index contributed by atoms with van der Waals surface area (Å²) in [5.41, 5.74) is 3.34. The second-order valence-electron chi connectivity index (χ2n) is 3.89. The number of nitrogens with one attached hydrogen (secondary N) is 1. The van der Waals surface area contributed by atoms with Crippen LogP contribution in [0.15, 0.2) is 5.16 Å². The number of thioether (sulfide) groups is 1. The molecule has 1 aromatic rings. The third-order valence-electron chi connectivity index (χ3n) is 2.61. The number of aromatic nitrogens is 2. The molecule has 17 heavy (non-hydrogen) atoms. The molecule has 1 N–H and O–H groups in total. The van der Waals surface area contributed by atoms with E-state index in [-0.39, 0.29) is 0 Å². The zero-order chi connectivity index (χ0) is 12.7. The van der Waals surface area contributed by atoms with Crippen LogP contribution in [-0.2, 0) is 4.74 Å². The van der Waals surface area contributed by atoms with Gasteiger partial charge in [-0.25, -0.2) is 9.97 Å². The van der Waals surface area contributed by atoms with E-state index in [1.165, 1.54) is 5.56 Å². The minimum atomic E-state index is 0.754. The van der Waals surface area contributed by atoms with E-state index in [0.717, 1.165) is 42.0 Å². The van der Waals surface area contributed by atoms with E-state index in [1.54, 1.807) is 18.9 Å². The van der Waals surface area contributed by atoms with Gasteiger partial charge in [-0.15, -0.1) is 0 Å². The van der Waals surface area contributed by atoms with Crippen LogP contribution >= 0.6 is 11.8 Å². The van der Waals surface area contributed by atoms with Crippen molar-refractivity contribution in [2.75, 3.05) is 32.6 Å². The van der Waals surface area contributed by atoms with Crippen molar-refractivity contribution in [3.05, 3.63) is 17.0 Å². The van der Waals surface area contributed by atoms with Gasteiger partial charge in [-0.1, -0.05) is 11.8 Å². The third-order valence-corrected chi connectivity index (χ3v) is 3.45. The number of methoxy groups -OCH3 is 1. The molecule has 5 heteroatoms. The smallest absolute Gasteiger partial charge is 0.188 e. The minimum absolute atomic E-state index is 0.754. The lowest BCUT2D eigenvalue weighted by Crippen LogP contribution is -2.21. The topological polar surface area (TPSA) is 47.0 Å². The Morgan fingerprint density at radius 2 is 1.76 bits per heavy atom. The van der Waals surface area contributed by atoms with Crippen LogP contribution in [0.2, 0.25) is 0 Å². The molecular weight excluding hydrogens is 234 g/mol. The SMILES string of the molecule is COCCNCCSc1nc(C)c(C)c(C)n1. The van der Waals surface area contributed by atoms with Crippen LogP contribution in [0, 0.1) is 20.8 Å². The highest BCUT2D eigenvalue weighted by atomic mass is 32.2. The van der Waals surface area contributed by atoms with E-state index in [0.29, 0.717) is 0 Å². The number of aryl methyl sites for hydroxylation is 2. The molecule has 0 spiro atoms. The second-order valence-corrected chi connectivity index (χ2v) is 4.96. The van der Waals surface area contributed by atoms with Crippen molar-refractivity contribution >= 4 is 11.8 Å². The summed E-state index contributed by atoms with van der Waals surface area (Å²) in [5.74, 6) is 0.978. The first kappa shape index (κ1) is 14.4. The first-order chi connectivity index (χ1) is 8.15. The van der Waals surface area contributed by atoms with Gasteiger partial charge in [-0.2, -0.15) is 0 Å². The molecule has 0 aliphatic rings. The Kier molecular flexibility index (Phi) is 6.47. The summed E-state index contributed by atoms with van der Waals surface area (Å²) in [6, 6.07) is 0. The van der Waals surface area contributed by atoms with E-state index in [1.807, 2.05) is 13.8 Å². The largest absolute Gasteiger partial charge is 0.383 e. The van der Waals surface area contributed by atoms with Crippen molar-refractivity contribution in [3.8, 4) is 0 Å². The van der Waals surface area contributed by atoms with Gasteiger partial charge >= 0.3 is 0 Å². The van der Waals surface area contributed by atoms with Crippen LogP contribution < -0.4 is 5.32 Å². The Labute approximate surface area is 108 Å². The summed E-state index contributed by atoms with van der Waals surface area (Å²) in [6.07, 6.45) is 0. The average Bonchev–Trinajstić information content (AvgIpc) is 2.30. The Morgan fingerprint density at radius 3 is 2.35 bits per heavy atom. The van der Waals surface area contributed by atoms with Crippen molar-refractivity contribution in [2.24, 2.45) is 0 Å². The molecule has 0 aromatic carbocycles. The molecule has 0 aliphatic carbocycles. The van der Waals surface area contributed by atoms with Crippen molar-refractivity contribution in [3.63, 3.8) is 0 Å². The summed E-state index contributed by atoms with van der Waals surface area (Å²) < 4.78 is 4.96. The highest BCUT2D eigenvalue weighted by Gasteiger charge is 2.04. The van der Waals surface area contributed by atoms with Gasteiger partial charge in [0.25, 0.3) is 0 Å². The molecule has 0 amide bonds. The van der Waals surface area contributed by atoms with Crippen LogP contribution in [0.25, 0.3) is 0 Å². The molecule has 0 saturated heterocycles. The molecule has 0 atom stereocenters. The van der Waals surface area contributed by atoms with Crippen LogP contribution in [-0.4, -0.2) is 42.5 Å². The van der Waals surface area contributed by atoms with E-state index < -0.39 is 0 Å². The molecule has 1 aromatic heterocycles. The molecule has 96 valence electrons. The fourth-order valence-corrected chi connectivity index (χ4v) is 2.15. The predicted octanol–water partition coefficient (Wildman–Crippen LogP) is 1.73. The first-order valence-electron chi connectivity index (χ1n) is 5.79. The van der Waals surface area contributed by atoms with Gasteiger partial charge in [0.2, 0.25) is 0 Å². The summed E-state index contributed by atoms with van der Waals surface area (Å²) in [4.78, 5) is 8.93. The van der Waals surface area contributed by atoms with Crippen molar-refractivity contribution < 1.29 is 4.74 Å². The fourth-order valence-electron chi connectivity index (χ4n) is 1.32. The van der Waals surface area contributed by atoms with Gasteiger partial charge < -0.3 is 10.1 Å². The Morgan fingerprint density at radius 1 is 1.12 bits per heavy atom. The maximum Gasteiger partial charge on any atom is 0.188 e. The van der Waals surface area contributed by atoms with Crippen molar-refractivity contribution in [2.45, 2.75) is 25.9 Å². The van der Waals surface area contributed by atoms with Gasteiger partial charge in [0.15, 0.2) is 5.16 Å². The summed E-state index contributed by atoms with van der Waals surface area (Å²) in [7, 11) is 1.71. The molecule has 0 fully saturated rings. The molecular formula is C12H21N3OS. The summed E-state index contributed by atoms with van der Waals surface area (Å²) >= 11 is 1.69. The minimum Gasteiger partial charge on any atom is -0.383 e. The maximum atomic E-state index is 4.96. The highest BCUT2D eigenvalue weighted by molar-refractivity contribution is 7.99. The maximum absolute atomic E-state index is 4.96. The fraction of sp³-hybridized carbons (Fsp3) is 0.667. The molecule has 0 saturated carbocycles. The third kappa shape index (κ3) is 5.02. The summed E-state index contributed by atoms with van der Waals surface area (Å²) in [6.45, 7) is 8.72. The number of hydrogen-bond donors (Lipinski definition) is 1. The Balaban J connectivity index is 2.32. The predicted molar refractivity (Wildman–Crippen MR) is 71.7 cm³/mol. The molecule has 0 bridgehead atoms. The Hall–Kier alpha value is -0.650. The van der Waals surface area contributed by atoms with Crippen LogP contribution in [0.3, 0.4) is 0 Å². The first-order valence-corrected chi connectivity index (χ1v) is 6.78. The van der Waals surface area contributed by atoms with E-state index in [2.05, 4.69) is 22.2 Å². The zero-order valence-corrected chi connectivity index (χ0v) is 11.9. The van der Waals surface area contributed by atoms with Gasteiger partial charge in [0, 0.05) is 37.3 Å². The van der Waals surface area contributed by atoms with Crippen molar-refractivity contribution in [1.82, 2.24) is 15.3 Å². The quantitative estimate of drug-likeness (QED) is 0.457. The zero-order valence-electron chi connectivity index (χ0n) is 11.0. The number of nitrogens with zero attached hydrogens (tertiary/aromatic N) is 2. The number of rotatable bonds is 7. The van der Waals surface area contributed by atoms with Gasteiger partial charge in [0.1, 0.15) is 0 Å². The second kappa shape index (κ2) is 7.63. The Bertz CT molecular complexity index is 335. The van der Waals surface area contributed by atoms with Gasteiger partial charge in [-0.3, -0.25) is 0 Å². The van der Waals surface area contributed by atoms with E-state index in [9.17, 15) is 0 Å². The van der Waals surface area contributed by atoms with Gasteiger partial charge in [0.05, 0.1) is 6.61 Å².